The van der Waals surface area contributed by atoms with E-state index in [9.17, 15) is 8.78 Å². The number of hydrogen-bond donors (Lipinski definition) is 0. The molecular weight excluding hydrogens is 386 g/mol. The van der Waals surface area contributed by atoms with E-state index in [0.717, 1.165) is 28.3 Å². The highest BCUT2D eigenvalue weighted by Gasteiger charge is 2.15. The Morgan fingerprint density at radius 2 is 1.63 bits per heavy atom. The number of benzene rings is 2. The predicted octanol–water partition coefficient (Wildman–Crippen LogP) is 5.58. The summed E-state index contributed by atoms with van der Waals surface area (Å²) in [5, 5.41) is 0.743. The van der Waals surface area contributed by atoms with Gasteiger partial charge in [0.05, 0.1) is 17.8 Å². The zero-order valence-electron chi connectivity index (χ0n) is 16.7. The third-order valence-electron chi connectivity index (χ3n) is 4.89. The van der Waals surface area contributed by atoms with Crippen LogP contribution in [0.4, 0.5) is 8.78 Å². The molecule has 0 spiro atoms. The summed E-state index contributed by atoms with van der Waals surface area (Å²) >= 11 is 0. The van der Waals surface area contributed by atoms with E-state index in [4.69, 9.17) is 9.47 Å². The molecule has 0 radical (unpaired) electrons. The fourth-order valence-electron chi connectivity index (χ4n) is 3.45. The maximum absolute atomic E-state index is 14.4. The van der Waals surface area contributed by atoms with Gasteiger partial charge < -0.3 is 9.47 Å². The first-order chi connectivity index (χ1) is 14.6. The standard InChI is InChI=1S/C24H20F2N2O2/c1-15-13-17(30-12-11-29-2)4-6-18(15)23-24-21(8-10-27-23)19(7-9-28-24)20-5-3-16(25)14-22(20)26/h3-10,13-14H,11-12H2,1-2H3. The van der Waals surface area contributed by atoms with Crippen molar-refractivity contribution >= 4 is 10.9 Å². The van der Waals surface area contributed by atoms with Gasteiger partial charge in [-0.25, -0.2) is 8.78 Å². The van der Waals surface area contributed by atoms with Gasteiger partial charge in [0.2, 0.25) is 0 Å². The summed E-state index contributed by atoms with van der Waals surface area (Å²) in [6, 6.07) is 12.8. The van der Waals surface area contributed by atoms with E-state index in [1.54, 1.807) is 31.6 Å². The SMILES string of the molecule is COCCOc1ccc(-c2nccc3c(-c4ccc(F)cc4F)ccnc23)c(C)c1. The number of methoxy groups -OCH3 is 1. The van der Waals surface area contributed by atoms with Gasteiger partial charge in [0.15, 0.2) is 0 Å². The molecule has 4 nitrogen and oxygen atoms in total. The van der Waals surface area contributed by atoms with Gasteiger partial charge in [-0.05, 0) is 60.5 Å². The van der Waals surface area contributed by atoms with Crippen molar-refractivity contribution in [1.82, 2.24) is 9.97 Å². The minimum atomic E-state index is -0.616. The number of halogens is 2. The molecule has 0 saturated heterocycles. The van der Waals surface area contributed by atoms with Gasteiger partial charge in [-0.2, -0.15) is 0 Å². The van der Waals surface area contributed by atoms with Crippen molar-refractivity contribution in [3.8, 4) is 28.1 Å². The Morgan fingerprint density at radius 3 is 2.40 bits per heavy atom. The van der Waals surface area contributed by atoms with Crippen molar-refractivity contribution < 1.29 is 18.3 Å². The molecule has 0 aliphatic heterocycles. The second-order valence-electron chi connectivity index (χ2n) is 6.86. The molecule has 152 valence electrons. The van der Waals surface area contributed by atoms with Crippen molar-refractivity contribution in [3.63, 3.8) is 0 Å². The van der Waals surface area contributed by atoms with E-state index in [1.165, 1.54) is 12.1 Å². The van der Waals surface area contributed by atoms with Crippen molar-refractivity contribution in [1.29, 1.82) is 0 Å². The molecule has 0 saturated carbocycles. The van der Waals surface area contributed by atoms with Crippen LogP contribution in [-0.2, 0) is 4.74 Å². The number of aryl methyl sites for hydroxylation is 1. The third-order valence-corrected chi connectivity index (χ3v) is 4.89. The molecule has 0 N–H and O–H groups in total. The second-order valence-corrected chi connectivity index (χ2v) is 6.86. The summed E-state index contributed by atoms with van der Waals surface area (Å²) in [6.45, 7) is 2.96. The van der Waals surface area contributed by atoms with Crippen molar-refractivity contribution in [2.75, 3.05) is 20.3 Å². The molecule has 0 aliphatic carbocycles. The molecule has 0 aliphatic rings. The average molecular weight is 406 g/mol. The Kier molecular flexibility index (Phi) is 5.68. The van der Waals surface area contributed by atoms with Gasteiger partial charge in [-0.3, -0.25) is 9.97 Å². The number of aromatic nitrogens is 2. The molecule has 0 atom stereocenters. The summed E-state index contributed by atoms with van der Waals surface area (Å²) in [6.07, 6.45) is 3.29. The van der Waals surface area contributed by atoms with E-state index >= 15 is 0 Å². The van der Waals surface area contributed by atoms with Crippen LogP contribution >= 0.6 is 0 Å². The number of hydrogen-bond acceptors (Lipinski definition) is 4. The Hall–Kier alpha value is -3.38. The largest absolute Gasteiger partial charge is 0.491 e. The number of pyridine rings is 2. The number of nitrogens with zero attached hydrogens (tertiary/aromatic N) is 2. The van der Waals surface area contributed by atoms with Gasteiger partial charge in [-0.15, -0.1) is 0 Å². The first kappa shape index (κ1) is 19.9. The molecule has 6 heteroatoms. The zero-order chi connectivity index (χ0) is 21.1. The normalized spacial score (nSPS) is 11.1. The lowest BCUT2D eigenvalue weighted by molar-refractivity contribution is 0.146. The molecule has 2 heterocycles. The van der Waals surface area contributed by atoms with Crippen molar-refractivity contribution in [3.05, 3.63) is 78.1 Å². The minimum Gasteiger partial charge on any atom is -0.491 e. The Bertz CT molecular complexity index is 1210. The Labute approximate surface area is 173 Å². The first-order valence-electron chi connectivity index (χ1n) is 9.50. The molecule has 4 aromatic rings. The lowest BCUT2D eigenvalue weighted by Gasteiger charge is -2.13. The van der Waals surface area contributed by atoms with Gasteiger partial charge >= 0.3 is 0 Å². The lowest BCUT2D eigenvalue weighted by atomic mass is 9.98. The average Bonchev–Trinajstić information content (AvgIpc) is 2.74. The Morgan fingerprint density at radius 1 is 0.833 bits per heavy atom. The van der Waals surface area contributed by atoms with Crippen LogP contribution in [0.3, 0.4) is 0 Å². The molecule has 0 amide bonds. The zero-order valence-corrected chi connectivity index (χ0v) is 16.7. The molecule has 30 heavy (non-hydrogen) atoms. The molecule has 2 aromatic heterocycles. The second kappa shape index (κ2) is 8.55. The molecule has 4 rings (SSSR count). The fraction of sp³-hybridized carbons (Fsp3) is 0.167. The van der Waals surface area contributed by atoms with Gasteiger partial charge in [0.1, 0.15) is 24.0 Å². The smallest absolute Gasteiger partial charge is 0.133 e. The van der Waals surface area contributed by atoms with Crippen LogP contribution < -0.4 is 4.74 Å². The van der Waals surface area contributed by atoms with Crippen molar-refractivity contribution in [2.24, 2.45) is 0 Å². The quantitative estimate of drug-likeness (QED) is 0.392. The van der Waals surface area contributed by atoms with Gasteiger partial charge in [0, 0.05) is 42.1 Å². The van der Waals surface area contributed by atoms with Crippen LogP contribution in [0.25, 0.3) is 33.3 Å². The predicted molar refractivity (Wildman–Crippen MR) is 112 cm³/mol. The van der Waals surface area contributed by atoms with Gasteiger partial charge in [0.25, 0.3) is 0 Å². The van der Waals surface area contributed by atoms with Gasteiger partial charge in [-0.1, -0.05) is 0 Å². The summed E-state index contributed by atoms with van der Waals surface area (Å²) < 4.78 is 38.5. The molecule has 0 unspecified atom stereocenters. The fourth-order valence-corrected chi connectivity index (χ4v) is 3.45. The molecule has 0 fully saturated rings. The highest BCUT2D eigenvalue weighted by Crippen LogP contribution is 2.35. The molecular formula is C24H20F2N2O2. The first-order valence-corrected chi connectivity index (χ1v) is 9.50. The molecule has 2 aromatic carbocycles. The van der Waals surface area contributed by atoms with Crippen LogP contribution in [0.2, 0.25) is 0 Å². The monoisotopic (exact) mass is 406 g/mol. The third kappa shape index (κ3) is 3.86. The maximum Gasteiger partial charge on any atom is 0.133 e. The maximum atomic E-state index is 14.4. The van der Waals surface area contributed by atoms with E-state index in [0.29, 0.717) is 35.6 Å². The van der Waals surface area contributed by atoms with Crippen LogP contribution in [0.1, 0.15) is 5.56 Å². The Balaban J connectivity index is 1.80. The number of ether oxygens (including phenoxy) is 2. The highest BCUT2D eigenvalue weighted by molar-refractivity contribution is 6.00. The number of rotatable bonds is 6. The van der Waals surface area contributed by atoms with E-state index in [1.807, 2.05) is 25.1 Å². The van der Waals surface area contributed by atoms with Crippen LogP contribution in [0, 0.1) is 18.6 Å². The topological polar surface area (TPSA) is 44.2 Å². The number of fused-ring (bicyclic) bond motifs is 1. The summed E-state index contributed by atoms with van der Waals surface area (Å²) in [7, 11) is 1.63. The lowest BCUT2D eigenvalue weighted by Crippen LogP contribution is -2.04. The van der Waals surface area contributed by atoms with Crippen LogP contribution in [0.5, 0.6) is 5.75 Å². The highest BCUT2D eigenvalue weighted by atomic mass is 19.1. The van der Waals surface area contributed by atoms with E-state index < -0.39 is 11.6 Å². The summed E-state index contributed by atoms with van der Waals surface area (Å²) in [5.74, 6) is -0.481. The van der Waals surface area contributed by atoms with Crippen LogP contribution in [-0.4, -0.2) is 30.3 Å². The van der Waals surface area contributed by atoms with Crippen molar-refractivity contribution in [2.45, 2.75) is 6.92 Å². The minimum absolute atomic E-state index is 0.319. The van der Waals surface area contributed by atoms with E-state index in [2.05, 4.69) is 9.97 Å². The molecule has 0 bridgehead atoms. The van der Waals surface area contributed by atoms with E-state index in [-0.39, 0.29) is 0 Å². The summed E-state index contributed by atoms with van der Waals surface area (Å²) in [5.41, 5.74) is 4.18. The summed E-state index contributed by atoms with van der Waals surface area (Å²) in [4.78, 5) is 9.05. The van der Waals surface area contributed by atoms with Crippen LogP contribution in [0.15, 0.2) is 60.9 Å².